The highest BCUT2D eigenvalue weighted by molar-refractivity contribution is 7.07. The second kappa shape index (κ2) is 5.64. The van der Waals surface area contributed by atoms with E-state index in [1.54, 1.807) is 18.0 Å². The van der Waals surface area contributed by atoms with E-state index in [0.29, 0.717) is 5.69 Å². The van der Waals surface area contributed by atoms with Crippen molar-refractivity contribution in [3.8, 4) is 5.75 Å². The van der Waals surface area contributed by atoms with E-state index in [1.807, 2.05) is 31.2 Å². The van der Waals surface area contributed by atoms with Crippen molar-refractivity contribution in [2.75, 3.05) is 7.11 Å². The molecule has 1 atom stereocenters. The molecule has 0 saturated carbocycles. The number of hydrogen-bond donors (Lipinski definition) is 1. The van der Waals surface area contributed by atoms with Crippen molar-refractivity contribution in [2.24, 2.45) is 0 Å². The predicted octanol–water partition coefficient (Wildman–Crippen LogP) is 2.64. The minimum atomic E-state index is -0.161. The molecule has 1 aromatic carbocycles. The summed E-state index contributed by atoms with van der Waals surface area (Å²) < 4.78 is 5.16. The average Bonchev–Trinajstić information content (AvgIpc) is 2.92. The van der Waals surface area contributed by atoms with Crippen LogP contribution in [0.25, 0.3) is 0 Å². The molecule has 0 aliphatic carbocycles. The lowest BCUT2D eigenvalue weighted by Crippen LogP contribution is -2.26. The molecule has 0 bridgehead atoms. The molecule has 1 amide bonds. The molecule has 5 heteroatoms. The number of carbonyl (C=O) groups is 1. The van der Waals surface area contributed by atoms with Crippen LogP contribution in [0.3, 0.4) is 0 Å². The Morgan fingerprint density at radius 1 is 1.50 bits per heavy atom. The molecule has 4 nitrogen and oxygen atoms in total. The fourth-order valence-electron chi connectivity index (χ4n) is 1.59. The van der Waals surface area contributed by atoms with Gasteiger partial charge >= 0.3 is 0 Å². The van der Waals surface area contributed by atoms with E-state index in [9.17, 15) is 4.79 Å². The zero-order valence-corrected chi connectivity index (χ0v) is 11.0. The molecule has 18 heavy (non-hydrogen) atoms. The molecular weight excluding hydrogens is 248 g/mol. The topological polar surface area (TPSA) is 51.2 Å². The first-order valence-electron chi connectivity index (χ1n) is 5.53. The van der Waals surface area contributed by atoms with Gasteiger partial charge in [-0.05, 0) is 24.6 Å². The third-order valence-corrected chi connectivity index (χ3v) is 3.19. The molecule has 1 N–H and O–H groups in total. The van der Waals surface area contributed by atoms with Gasteiger partial charge in [0.05, 0.1) is 18.7 Å². The number of aromatic nitrogens is 1. The molecule has 0 radical (unpaired) electrons. The Hall–Kier alpha value is -1.88. The third-order valence-electron chi connectivity index (χ3n) is 2.61. The molecule has 0 spiro atoms. The quantitative estimate of drug-likeness (QED) is 0.921. The average molecular weight is 262 g/mol. The van der Waals surface area contributed by atoms with Gasteiger partial charge in [-0.25, -0.2) is 4.98 Å². The van der Waals surface area contributed by atoms with E-state index in [4.69, 9.17) is 4.74 Å². The Labute approximate surface area is 110 Å². The maximum absolute atomic E-state index is 11.8. The van der Waals surface area contributed by atoms with Crippen molar-refractivity contribution in [3.63, 3.8) is 0 Å². The second-order valence-corrected chi connectivity index (χ2v) is 4.56. The Morgan fingerprint density at radius 2 is 2.33 bits per heavy atom. The van der Waals surface area contributed by atoms with Crippen LogP contribution in [-0.4, -0.2) is 18.0 Å². The van der Waals surface area contributed by atoms with Crippen molar-refractivity contribution >= 4 is 17.2 Å². The zero-order chi connectivity index (χ0) is 13.0. The highest BCUT2D eigenvalue weighted by atomic mass is 32.1. The van der Waals surface area contributed by atoms with Crippen LogP contribution < -0.4 is 10.1 Å². The maximum Gasteiger partial charge on any atom is 0.271 e. The minimum absolute atomic E-state index is 0.0886. The van der Waals surface area contributed by atoms with E-state index >= 15 is 0 Å². The first-order valence-corrected chi connectivity index (χ1v) is 6.48. The minimum Gasteiger partial charge on any atom is -0.497 e. The molecule has 2 aromatic rings. The van der Waals surface area contributed by atoms with Gasteiger partial charge in [0.2, 0.25) is 0 Å². The molecule has 94 valence electrons. The molecule has 0 fully saturated rings. The number of nitrogens with zero attached hydrogens (tertiary/aromatic N) is 1. The van der Waals surface area contributed by atoms with Crippen LogP contribution in [0.5, 0.6) is 5.75 Å². The van der Waals surface area contributed by atoms with Gasteiger partial charge in [0.1, 0.15) is 11.4 Å². The monoisotopic (exact) mass is 262 g/mol. The lowest BCUT2D eigenvalue weighted by atomic mass is 10.1. The fraction of sp³-hybridized carbons (Fsp3) is 0.231. The standard InChI is InChI=1S/C13H14N2O2S/c1-9(10-4-3-5-11(6-10)17-2)15-13(16)12-7-18-8-14-12/h3-9H,1-2H3,(H,15,16). The molecule has 1 unspecified atom stereocenters. The van der Waals surface area contributed by atoms with Gasteiger partial charge in [0, 0.05) is 5.38 Å². The van der Waals surface area contributed by atoms with Crippen molar-refractivity contribution < 1.29 is 9.53 Å². The van der Waals surface area contributed by atoms with Crippen LogP contribution in [-0.2, 0) is 0 Å². The summed E-state index contributed by atoms with van der Waals surface area (Å²) in [6.07, 6.45) is 0. The zero-order valence-electron chi connectivity index (χ0n) is 10.2. The summed E-state index contributed by atoms with van der Waals surface area (Å²) in [4.78, 5) is 15.8. The SMILES string of the molecule is COc1cccc(C(C)NC(=O)c2cscn2)c1. The van der Waals surface area contributed by atoms with Crippen molar-refractivity contribution in [3.05, 3.63) is 46.4 Å². The van der Waals surface area contributed by atoms with Gasteiger partial charge < -0.3 is 10.1 Å². The third kappa shape index (κ3) is 2.87. The van der Waals surface area contributed by atoms with Crippen LogP contribution in [0.15, 0.2) is 35.2 Å². The van der Waals surface area contributed by atoms with Crippen LogP contribution >= 0.6 is 11.3 Å². The predicted molar refractivity (Wildman–Crippen MR) is 71.0 cm³/mol. The first-order chi connectivity index (χ1) is 8.70. The van der Waals surface area contributed by atoms with Gasteiger partial charge in [0.25, 0.3) is 5.91 Å². The highest BCUT2D eigenvalue weighted by Gasteiger charge is 2.13. The summed E-state index contributed by atoms with van der Waals surface area (Å²) in [5, 5.41) is 4.63. The van der Waals surface area contributed by atoms with Crippen molar-refractivity contribution in [1.29, 1.82) is 0 Å². The maximum atomic E-state index is 11.8. The summed E-state index contributed by atoms with van der Waals surface area (Å²) in [6, 6.07) is 7.55. The number of hydrogen-bond acceptors (Lipinski definition) is 4. The number of rotatable bonds is 4. The lowest BCUT2D eigenvalue weighted by Gasteiger charge is -2.14. The Kier molecular flexibility index (Phi) is 3.94. The summed E-state index contributed by atoms with van der Waals surface area (Å²) in [5.41, 5.74) is 3.10. The van der Waals surface area contributed by atoms with Crippen molar-refractivity contribution in [2.45, 2.75) is 13.0 Å². The molecule has 0 aliphatic rings. The number of thiazole rings is 1. The number of methoxy groups -OCH3 is 1. The second-order valence-electron chi connectivity index (χ2n) is 3.85. The smallest absolute Gasteiger partial charge is 0.271 e. The molecule has 0 saturated heterocycles. The summed E-state index contributed by atoms with van der Waals surface area (Å²) in [7, 11) is 1.62. The number of ether oxygens (including phenoxy) is 1. The lowest BCUT2D eigenvalue weighted by molar-refractivity contribution is 0.0935. The fourth-order valence-corrected chi connectivity index (χ4v) is 2.12. The van der Waals surface area contributed by atoms with Crippen LogP contribution in [0.2, 0.25) is 0 Å². The molecule has 1 heterocycles. The van der Waals surface area contributed by atoms with E-state index in [-0.39, 0.29) is 11.9 Å². The normalized spacial score (nSPS) is 11.9. The first kappa shape index (κ1) is 12.6. The number of nitrogens with one attached hydrogen (secondary N) is 1. The molecule has 1 aromatic heterocycles. The van der Waals surface area contributed by atoms with Gasteiger partial charge in [0.15, 0.2) is 0 Å². The van der Waals surface area contributed by atoms with E-state index in [1.165, 1.54) is 11.3 Å². The number of amides is 1. The highest BCUT2D eigenvalue weighted by Crippen LogP contribution is 2.19. The largest absolute Gasteiger partial charge is 0.497 e. The van der Waals surface area contributed by atoms with Gasteiger partial charge in [-0.1, -0.05) is 12.1 Å². The van der Waals surface area contributed by atoms with E-state index in [2.05, 4.69) is 10.3 Å². The number of carbonyl (C=O) groups excluding carboxylic acids is 1. The summed E-state index contributed by atoms with van der Waals surface area (Å²) >= 11 is 1.40. The molecule has 2 rings (SSSR count). The summed E-state index contributed by atoms with van der Waals surface area (Å²) in [6.45, 7) is 1.93. The Bertz CT molecular complexity index is 526. The van der Waals surface area contributed by atoms with E-state index in [0.717, 1.165) is 11.3 Å². The van der Waals surface area contributed by atoms with Crippen LogP contribution in [0.4, 0.5) is 0 Å². The number of benzene rings is 1. The van der Waals surface area contributed by atoms with Crippen molar-refractivity contribution in [1.82, 2.24) is 10.3 Å². The molecular formula is C13H14N2O2S. The van der Waals surface area contributed by atoms with Crippen LogP contribution in [0.1, 0.15) is 29.0 Å². The van der Waals surface area contributed by atoms with Gasteiger partial charge in [-0.2, -0.15) is 0 Å². The Morgan fingerprint density at radius 3 is 3.00 bits per heavy atom. The van der Waals surface area contributed by atoms with Gasteiger partial charge in [-0.15, -0.1) is 11.3 Å². The molecule has 0 aliphatic heterocycles. The Balaban J connectivity index is 2.07. The van der Waals surface area contributed by atoms with Gasteiger partial charge in [-0.3, -0.25) is 4.79 Å². The van der Waals surface area contributed by atoms with Crippen LogP contribution in [0, 0.1) is 0 Å². The summed E-state index contributed by atoms with van der Waals surface area (Å²) in [5.74, 6) is 0.619. The van der Waals surface area contributed by atoms with E-state index < -0.39 is 0 Å².